The van der Waals surface area contributed by atoms with Gasteiger partial charge in [-0.15, -0.1) is 0 Å². The van der Waals surface area contributed by atoms with E-state index in [-0.39, 0.29) is 17.5 Å². The Balaban J connectivity index is 1.93. The lowest BCUT2D eigenvalue weighted by molar-refractivity contribution is -0.141. The van der Waals surface area contributed by atoms with E-state index in [0.29, 0.717) is 21.5 Å². The minimum Gasteiger partial charge on any atom is -0.480 e. The number of halogens is 1. The second-order valence-electron chi connectivity index (χ2n) is 7.01. The first-order chi connectivity index (χ1) is 14.7. The summed E-state index contributed by atoms with van der Waals surface area (Å²) < 4.78 is 0. The first-order valence-electron chi connectivity index (χ1n) is 9.45. The van der Waals surface area contributed by atoms with E-state index < -0.39 is 29.9 Å². The van der Waals surface area contributed by atoms with Gasteiger partial charge in [-0.05, 0) is 42.8 Å². The second-order valence-corrected chi connectivity index (χ2v) is 7.45. The molecule has 2 aromatic carbocycles. The monoisotopic (exact) mass is 441 g/mol. The van der Waals surface area contributed by atoms with E-state index in [0.717, 1.165) is 0 Å². The molecule has 0 fully saturated rings. The molecule has 3 aromatic rings. The molecule has 2 atom stereocenters. The van der Waals surface area contributed by atoms with E-state index in [2.05, 4.69) is 15.6 Å². The first-order valence-corrected chi connectivity index (χ1v) is 9.83. The number of carbonyl (C=O) groups excluding carboxylic acids is 2. The van der Waals surface area contributed by atoms with Gasteiger partial charge in [0.25, 0.3) is 5.91 Å². The topological polar surface area (TPSA) is 128 Å². The van der Waals surface area contributed by atoms with Crippen molar-refractivity contribution >= 4 is 40.3 Å². The number of para-hydroxylation sites is 1. The van der Waals surface area contributed by atoms with Gasteiger partial charge in [-0.1, -0.05) is 29.8 Å². The number of hydrogen-bond acceptors (Lipinski definition) is 4. The SMILES string of the molecule is CC(NC(=O)C(Cc1cc(=O)[nH]c2ccccc12)NC(=O)c1ccc(Cl)cc1)C(=O)O. The van der Waals surface area contributed by atoms with Gasteiger partial charge in [0.2, 0.25) is 11.5 Å². The Morgan fingerprint density at radius 2 is 1.74 bits per heavy atom. The predicted molar refractivity (Wildman–Crippen MR) is 116 cm³/mol. The van der Waals surface area contributed by atoms with Crippen LogP contribution in [0.2, 0.25) is 5.02 Å². The van der Waals surface area contributed by atoms with Gasteiger partial charge in [0.1, 0.15) is 12.1 Å². The number of carboxylic acid groups (broad SMARTS) is 1. The number of rotatable bonds is 7. The van der Waals surface area contributed by atoms with E-state index in [1.807, 2.05) is 0 Å². The van der Waals surface area contributed by atoms with Crippen LogP contribution >= 0.6 is 11.6 Å². The van der Waals surface area contributed by atoms with Crippen molar-refractivity contribution in [3.8, 4) is 0 Å². The van der Waals surface area contributed by atoms with Gasteiger partial charge in [-0.3, -0.25) is 19.2 Å². The van der Waals surface area contributed by atoms with Gasteiger partial charge >= 0.3 is 5.97 Å². The number of aliphatic carboxylic acids is 1. The van der Waals surface area contributed by atoms with Crippen molar-refractivity contribution in [3.05, 3.63) is 81.1 Å². The summed E-state index contributed by atoms with van der Waals surface area (Å²) in [6.07, 6.45) is -0.0120. The lowest BCUT2D eigenvalue weighted by Crippen LogP contribution is -2.51. The standard InChI is InChI=1S/C22H20ClN3O5/c1-12(22(30)31)24-21(29)18(26-20(28)13-6-8-15(23)9-7-13)10-14-11-19(27)25-17-5-3-2-4-16(14)17/h2-9,11-12,18H,10H2,1H3,(H,24,29)(H,25,27)(H,26,28)(H,30,31). The van der Waals surface area contributed by atoms with Crippen LogP contribution in [-0.4, -0.2) is 40.0 Å². The largest absolute Gasteiger partial charge is 0.480 e. The van der Waals surface area contributed by atoms with E-state index in [1.54, 1.807) is 36.4 Å². The highest BCUT2D eigenvalue weighted by molar-refractivity contribution is 6.30. The molecule has 31 heavy (non-hydrogen) atoms. The predicted octanol–water partition coefficient (Wildman–Crippen LogP) is 2.11. The maximum absolute atomic E-state index is 12.8. The van der Waals surface area contributed by atoms with Crippen LogP contribution < -0.4 is 16.2 Å². The summed E-state index contributed by atoms with van der Waals surface area (Å²) in [4.78, 5) is 51.4. The van der Waals surface area contributed by atoms with E-state index in [4.69, 9.17) is 16.7 Å². The smallest absolute Gasteiger partial charge is 0.325 e. The molecule has 0 bridgehead atoms. The molecule has 4 N–H and O–H groups in total. The van der Waals surface area contributed by atoms with Gasteiger partial charge in [0, 0.05) is 34.0 Å². The Morgan fingerprint density at radius 3 is 2.42 bits per heavy atom. The average Bonchev–Trinajstić information content (AvgIpc) is 2.73. The fourth-order valence-electron chi connectivity index (χ4n) is 3.09. The molecule has 0 radical (unpaired) electrons. The molecule has 9 heteroatoms. The highest BCUT2D eigenvalue weighted by atomic mass is 35.5. The zero-order chi connectivity index (χ0) is 22.5. The summed E-state index contributed by atoms with van der Waals surface area (Å²) in [6, 6.07) is 12.3. The normalized spacial score (nSPS) is 12.7. The molecule has 8 nitrogen and oxygen atoms in total. The number of carbonyl (C=O) groups is 3. The van der Waals surface area contributed by atoms with Crippen LogP contribution in [-0.2, 0) is 16.0 Å². The number of H-pyrrole nitrogens is 1. The number of benzene rings is 2. The molecule has 0 aliphatic rings. The van der Waals surface area contributed by atoms with Crippen molar-refractivity contribution < 1.29 is 19.5 Å². The van der Waals surface area contributed by atoms with Crippen molar-refractivity contribution in [1.29, 1.82) is 0 Å². The van der Waals surface area contributed by atoms with Crippen molar-refractivity contribution in [2.45, 2.75) is 25.4 Å². The molecule has 1 heterocycles. The second kappa shape index (κ2) is 9.44. The average molecular weight is 442 g/mol. The number of fused-ring (bicyclic) bond motifs is 1. The lowest BCUT2D eigenvalue weighted by atomic mass is 10.0. The minimum atomic E-state index is -1.21. The van der Waals surface area contributed by atoms with Gasteiger partial charge in [0.05, 0.1) is 0 Å². The number of carboxylic acids is 1. The Kier molecular flexibility index (Phi) is 6.71. The van der Waals surface area contributed by atoms with Crippen LogP contribution in [0, 0.1) is 0 Å². The Hall–Kier alpha value is -3.65. The summed E-state index contributed by atoms with van der Waals surface area (Å²) >= 11 is 5.85. The summed E-state index contributed by atoms with van der Waals surface area (Å²) in [5.41, 5.74) is 1.06. The van der Waals surface area contributed by atoms with Crippen molar-refractivity contribution in [2.75, 3.05) is 0 Å². The molecule has 160 valence electrons. The number of aromatic nitrogens is 1. The van der Waals surface area contributed by atoms with Gasteiger partial charge in [-0.2, -0.15) is 0 Å². The molecule has 2 unspecified atom stereocenters. The third-order valence-corrected chi connectivity index (χ3v) is 4.97. The van der Waals surface area contributed by atoms with Gasteiger partial charge < -0.3 is 20.7 Å². The summed E-state index contributed by atoms with van der Waals surface area (Å²) in [5, 5.41) is 15.3. The molecular formula is C22H20ClN3O5. The van der Waals surface area contributed by atoms with Crippen LogP contribution in [0.4, 0.5) is 0 Å². The summed E-state index contributed by atoms with van der Waals surface area (Å²) in [6.45, 7) is 1.32. The summed E-state index contributed by atoms with van der Waals surface area (Å²) in [5.74, 6) is -2.42. The highest BCUT2D eigenvalue weighted by Gasteiger charge is 2.26. The van der Waals surface area contributed by atoms with Gasteiger partial charge in [-0.25, -0.2) is 0 Å². The van der Waals surface area contributed by atoms with E-state index in [9.17, 15) is 19.2 Å². The third kappa shape index (κ3) is 5.49. The number of nitrogens with one attached hydrogen (secondary N) is 3. The van der Waals surface area contributed by atoms with Crippen LogP contribution in [0.25, 0.3) is 10.9 Å². The quantitative estimate of drug-likeness (QED) is 0.446. The molecule has 0 spiro atoms. The maximum Gasteiger partial charge on any atom is 0.325 e. The molecule has 0 aliphatic heterocycles. The number of amides is 2. The fraction of sp³-hybridized carbons (Fsp3) is 0.182. The first kappa shape index (κ1) is 22.0. The third-order valence-electron chi connectivity index (χ3n) is 4.72. The van der Waals surface area contributed by atoms with Crippen molar-refractivity contribution in [3.63, 3.8) is 0 Å². The molecule has 0 saturated carbocycles. The van der Waals surface area contributed by atoms with Gasteiger partial charge in [0.15, 0.2) is 0 Å². The molecule has 0 aliphatic carbocycles. The lowest BCUT2D eigenvalue weighted by Gasteiger charge is -2.21. The van der Waals surface area contributed by atoms with Crippen LogP contribution in [0.3, 0.4) is 0 Å². The maximum atomic E-state index is 12.8. The highest BCUT2D eigenvalue weighted by Crippen LogP contribution is 2.17. The van der Waals surface area contributed by atoms with Crippen LogP contribution in [0.15, 0.2) is 59.4 Å². The minimum absolute atomic E-state index is 0.0120. The Labute approximate surface area is 182 Å². The van der Waals surface area contributed by atoms with Crippen LogP contribution in [0.5, 0.6) is 0 Å². The van der Waals surface area contributed by atoms with E-state index in [1.165, 1.54) is 25.1 Å². The zero-order valence-corrected chi connectivity index (χ0v) is 17.3. The summed E-state index contributed by atoms with van der Waals surface area (Å²) in [7, 11) is 0. The molecule has 2 amide bonds. The molecule has 0 saturated heterocycles. The molecule has 3 rings (SSSR count). The number of pyridine rings is 1. The zero-order valence-electron chi connectivity index (χ0n) is 16.5. The fourth-order valence-corrected chi connectivity index (χ4v) is 3.22. The Morgan fingerprint density at radius 1 is 1.06 bits per heavy atom. The number of hydrogen-bond donors (Lipinski definition) is 4. The van der Waals surface area contributed by atoms with E-state index >= 15 is 0 Å². The Bertz CT molecular complexity index is 1190. The molecule has 1 aromatic heterocycles. The number of aromatic amines is 1. The van der Waals surface area contributed by atoms with Crippen molar-refractivity contribution in [2.24, 2.45) is 0 Å². The van der Waals surface area contributed by atoms with Crippen molar-refractivity contribution in [1.82, 2.24) is 15.6 Å². The van der Waals surface area contributed by atoms with Crippen LogP contribution in [0.1, 0.15) is 22.8 Å². The molecular weight excluding hydrogens is 422 g/mol.